The highest BCUT2D eigenvalue weighted by atomic mass is 16.5. The van der Waals surface area contributed by atoms with E-state index in [1.807, 2.05) is 47.4 Å². The van der Waals surface area contributed by atoms with Crippen LogP contribution in [-0.4, -0.2) is 85.5 Å². The Labute approximate surface area is 230 Å². The van der Waals surface area contributed by atoms with Gasteiger partial charge in [0.2, 0.25) is 0 Å². The van der Waals surface area contributed by atoms with E-state index in [1.165, 1.54) is 0 Å². The van der Waals surface area contributed by atoms with Crippen molar-refractivity contribution in [1.82, 2.24) is 25.1 Å². The molecule has 2 aromatic carbocycles. The van der Waals surface area contributed by atoms with Crippen molar-refractivity contribution >= 4 is 17.6 Å². The van der Waals surface area contributed by atoms with Gasteiger partial charge >= 0.3 is 0 Å². The van der Waals surface area contributed by atoms with Gasteiger partial charge in [-0.1, -0.05) is 32.0 Å². The van der Waals surface area contributed by atoms with E-state index < -0.39 is 0 Å². The van der Waals surface area contributed by atoms with Crippen molar-refractivity contribution in [3.8, 4) is 17.0 Å². The highest BCUT2D eigenvalue weighted by Crippen LogP contribution is 2.35. The van der Waals surface area contributed by atoms with Gasteiger partial charge in [-0.25, -0.2) is 9.97 Å². The molecule has 0 unspecified atom stereocenters. The lowest BCUT2D eigenvalue weighted by molar-refractivity contribution is 0.0664. The van der Waals surface area contributed by atoms with Crippen molar-refractivity contribution in [2.24, 2.45) is 0 Å². The molecule has 0 radical (unpaired) electrons. The Kier molecular flexibility index (Phi) is 8.81. The van der Waals surface area contributed by atoms with Crippen molar-refractivity contribution in [3.63, 3.8) is 0 Å². The highest BCUT2D eigenvalue weighted by molar-refractivity contribution is 5.95. The number of nitrogens with zero attached hydrogens (tertiary/aromatic N) is 4. The zero-order chi connectivity index (χ0) is 28.0. The van der Waals surface area contributed by atoms with Crippen LogP contribution < -0.4 is 15.4 Å². The number of anilines is 1. The number of hydrogen-bond donors (Lipinski definition) is 2. The van der Waals surface area contributed by atoms with Crippen molar-refractivity contribution in [1.29, 1.82) is 0 Å². The van der Waals surface area contributed by atoms with Crippen LogP contribution in [0, 0.1) is 0 Å². The summed E-state index contributed by atoms with van der Waals surface area (Å²) in [6.45, 7) is 8.18. The maximum atomic E-state index is 12.9. The summed E-state index contributed by atoms with van der Waals surface area (Å²) >= 11 is 0. The number of carbonyl (C=O) groups is 2. The molecular formula is C30H38N6O3. The molecule has 1 fully saturated rings. The fourth-order valence-electron chi connectivity index (χ4n) is 4.76. The Morgan fingerprint density at radius 2 is 1.69 bits per heavy atom. The summed E-state index contributed by atoms with van der Waals surface area (Å²) in [5.41, 5.74) is 3.68. The number of amides is 2. The van der Waals surface area contributed by atoms with Gasteiger partial charge in [-0.05, 0) is 37.7 Å². The lowest BCUT2D eigenvalue weighted by atomic mass is 9.79. The van der Waals surface area contributed by atoms with Gasteiger partial charge < -0.3 is 25.2 Å². The Morgan fingerprint density at radius 1 is 1.00 bits per heavy atom. The lowest BCUT2D eigenvalue weighted by Gasteiger charge is -2.32. The molecule has 2 amide bonds. The highest BCUT2D eigenvalue weighted by Gasteiger charge is 2.29. The lowest BCUT2D eigenvalue weighted by Crippen LogP contribution is -2.47. The molecule has 1 aliphatic heterocycles. The zero-order valence-corrected chi connectivity index (χ0v) is 23.5. The first-order valence-corrected chi connectivity index (χ1v) is 13.3. The first-order chi connectivity index (χ1) is 18.8. The largest absolute Gasteiger partial charge is 0.496 e. The molecule has 9 nitrogen and oxygen atoms in total. The van der Waals surface area contributed by atoms with Gasteiger partial charge in [0, 0.05) is 73.5 Å². The number of ether oxygens (including phenoxy) is 1. The van der Waals surface area contributed by atoms with Crippen LogP contribution in [0.25, 0.3) is 11.3 Å². The molecule has 0 aliphatic carbocycles. The molecule has 1 saturated heterocycles. The number of hydrogen-bond acceptors (Lipinski definition) is 7. The Balaban J connectivity index is 1.47. The number of carbonyl (C=O) groups excluding carboxylic acids is 2. The van der Waals surface area contributed by atoms with E-state index in [9.17, 15) is 9.59 Å². The van der Waals surface area contributed by atoms with E-state index in [0.29, 0.717) is 29.2 Å². The van der Waals surface area contributed by atoms with Gasteiger partial charge in [-0.2, -0.15) is 0 Å². The maximum absolute atomic E-state index is 12.9. The maximum Gasteiger partial charge on any atom is 0.253 e. The first kappa shape index (κ1) is 28.0. The third-order valence-corrected chi connectivity index (χ3v) is 7.67. The Bertz CT molecular complexity index is 1300. The van der Waals surface area contributed by atoms with Crippen LogP contribution in [0.1, 0.15) is 46.5 Å². The summed E-state index contributed by atoms with van der Waals surface area (Å²) in [5.74, 6) is 1.30. The number of benzene rings is 2. The van der Waals surface area contributed by atoms with Gasteiger partial charge in [-0.3, -0.25) is 9.59 Å². The third kappa shape index (κ3) is 6.37. The second-order valence-electron chi connectivity index (χ2n) is 10.2. The monoisotopic (exact) mass is 530 g/mol. The van der Waals surface area contributed by atoms with Crippen LogP contribution in [-0.2, 0) is 5.41 Å². The van der Waals surface area contributed by atoms with Crippen molar-refractivity contribution in [2.45, 2.75) is 25.7 Å². The minimum Gasteiger partial charge on any atom is -0.496 e. The number of aromatic nitrogens is 2. The van der Waals surface area contributed by atoms with Crippen LogP contribution in [0.2, 0.25) is 0 Å². The average molecular weight is 531 g/mol. The van der Waals surface area contributed by atoms with Crippen molar-refractivity contribution in [3.05, 3.63) is 71.5 Å². The molecule has 2 heterocycles. The summed E-state index contributed by atoms with van der Waals surface area (Å²) in [6, 6.07) is 15.1. The van der Waals surface area contributed by atoms with E-state index in [4.69, 9.17) is 4.74 Å². The molecular weight excluding hydrogens is 492 g/mol. The number of nitrogens with one attached hydrogen (secondary N) is 2. The molecule has 0 saturated carbocycles. The van der Waals surface area contributed by atoms with Crippen LogP contribution >= 0.6 is 0 Å². The average Bonchev–Trinajstić information content (AvgIpc) is 2.99. The quantitative estimate of drug-likeness (QED) is 0.435. The SMILES string of the molecule is CC[C@](C)(CNc1cc(-c2ccc(C(=O)N3CCN(C)CC3)cc2)ncn1)c1ccc(C(=O)NC)cc1OC. The molecule has 1 aliphatic rings. The third-order valence-electron chi connectivity index (χ3n) is 7.67. The fraction of sp³-hybridized carbons (Fsp3) is 0.400. The van der Waals surface area contributed by atoms with Gasteiger partial charge in [0.05, 0.1) is 12.8 Å². The Hall–Kier alpha value is -3.98. The molecule has 3 aromatic rings. The summed E-state index contributed by atoms with van der Waals surface area (Å²) in [5, 5.41) is 6.12. The Morgan fingerprint density at radius 3 is 2.33 bits per heavy atom. The van der Waals surface area contributed by atoms with Gasteiger partial charge in [0.15, 0.2) is 0 Å². The predicted molar refractivity (Wildman–Crippen MR) is 153 cm³/mol. The van der Waals surface area contributed by atoms with Gasteiger partial charge in [0.25, 0.3) is 11.8 Å². The summed E-state index contributed by atoms with van der Waals surface area (Å²) in [6.07, 6.45) is 2.39. The summed E-state index contributed by atoms with van der Waals surface area (Å²) in [4.78, 5) is 38.0. The molecule has 0 bridgehead atoms. The van der Waals surface area contributed by atoms with Crippen LogP contribution in [0.3, 0.4) is 0 Å². The van der Waals surface area contributed by atoms with Crippen LogP contribution in [0.4, 0.5) is 5.82 Å². The van der Waals surface area contributed by atoms with Crippen molar-refractivity contribution in [2.75, 3.05) is 59.2 Å². The summed E-state index contributed by atoms with van der Waals surface area (Å²) in [7, 11) is 5.31. The topological polar surface area (TPSA) is 99.7 Å². The van der Waals surface area contributed by atoms with E-state index in [0.717, 1.165) is 49.4 Å². The minimum atomic E-state index is -0.275. The van der Waals surface area contributed by atoms with Gasteiger partial charge in [0.1, 0.15) is 17.9 Å². The molecule has 2 N–H and O–H groups in total. The first-order valence-electron chi connectivity index (χ1n) is 13.3. The van der Waals surface area contributed by atoms with E-state index in [-0.39, 0.29) is 17.2 Å². The summed E-state index contributed by atoms with van der Waals surface area (Å²) < 4.78 is 5.66. The van der Waals surface area contributed by atoms with Crippen molar-refractivity contribution < 1.29 is 14.3 Å². The molecule has 39 heavy (non-hydrogen) atoms. The van der Waals surface area contributed by atoms with E-state index in [1.54, 1.807) is 26.6 Å². The number of methoxy groups -OCH3 is 1. The number of likely N-dealkylation sites (N-methyl/N-ethyl adjacent to an activating group) is 1. The van der Waals surface area contributed by atoms with Crippen LogP contribution in [0.5, 0.6) is 5.75 Å². The van der Waals surface area contributed by atoms with E-state index >= 15 is 0 Å². The van der Waals surface area contributed by atoms with Gasteiger partial charge in [-0.15, -0.1) is 0 Å². The predicted octanol–water partition coefficient (Wildman–Crippen LogP) is 3.68. The second kappa shape index (κ2) is 12.3. The standard InChI is InChI=1S/C30H38N6O3/c1-6-30(2,24-12-11-23(28(37)31-3)17-26(24)39-5)19-32-27-18-25(33-20-34-27)21-7-9-22(10-8-21)29(38)36-15-13-35(4)14-16-36/h7-12,17-18,20H,6,13-16,19H2,1-5H3,(H,31,37)(H,32,33,34)/t30-/m1/s1. The normalized spacial score (nSPS) is 15.4. The zero-order valence-electron chi connectivity index (χ0n) is 23.5. The minimum absolute atomic E-state index is 0.0670. The molecule has 4 rings (SSSR count). The fourth-order valence-corrected chi connectivity index (χ4v) is 4.76. The number of rotatable bonds is 9. The molecule has 0 spiro atoms. The molecule has 206 valence electrons. The van der Waals surface area contributed by atoms with Crippen LogP contribution in [0.15, 0.2) is 54.9 Å². The molecule has 1 aromatic heterocycles. The smallest absolute Gasteiger partial charge is 0.253 e. The van der Waals surface area contributed by atoms with E-state index in [2.05, 4.69) is 46.4 Å². The number of piperazine rings is 1. The molecule has 1 atom stereocenters. The molecule has 9 heteroatoms. The second-order valence-corrected chi connectivity index (χ2v) is 10.2.